The zero-order chi connectivity index (χ0) is 19.8. The van der Waals surface area contributed by atoms with E-state index < -0.39 is 6.04 Å². The van der Waals surface area contributed by atoms with Crippen LogP contribution in [-0.4, -0.2) is 48.9 Å². The van der Waals surface area contributed by atoms with Crippen molar-refractivity contribution in [3.8, 4) is 0 Å². The monoisotopic (exact) mass is 377 g/mol. The van der Waals surface area contributed by atoms with Crippen LogP contribution < -0.4 is 9.80 Å². The minimum atomic E-state index is -0.415. The molecule has 1 fully saturated rings. The smallest absolute Gasteiger partial charge is 0.246 e. The lowest BCUT2D eigenvalue weighted by molar-refractivity contribution is -0.134. The average Bonchev–Trinajstić information content (AvgIpc) is 3.09. The molecule has 1 unspecified atom stereocenters. The van der Waals surface area contributed by atoms with Crippen molar-refractivity contribution in [3.05, 3.63) is 59.2 Å². The number of fused-ring (bicyclic) bond motifs is 1. The molecule has 28 heavy (non-hydrogen) atoms. The van der Waals surface area contributed by atoms with Crippen LogP contribution in [0.2, 0.25) is 0 Å². The molecule has 1 saturated heterocycles. The fraction of sp³-hybridized carbons (Fsp3) is 0.391. The molecule has 0 saturated carbocycles. The third-order valence-electron chi connectivity index (χ3n) is 5.90. The van der Waals surface area contributed by atoms with Gasteiger partial charge in [0.2, 0.25) is 11.8 Å². The number of anilines is 2. The summed E-state index contributed by atoms with van der Waals surface area (Å²) in [5, 5.41) is 0. The van der Waals surface area contributed by atoms with Gasteiger partial charge >= 0.3 is 0 Å². The van der Waals surface area contributed by atoms with Crippen molar-refractivity contribution in [2.75, 3.05) is 36.0 Å². The number of piperazine rings is 1. The summed E-state index contributed by atoms with van der Waals surface area (Å²) in [4.78, 5) is 31.5. The van der Waals surface area contributed by atoms with E-state index in [-0.39, 0.29) is 11.8 Å². The van der Waals surface area contributed by atoms with E-state index in [2.05, 4.69) is 36.9 Å². The minimum absolute atomic E-state index is 0.0621. The number of nitrogens with zero attached hydrogens (tertiary/aromatic N) is 3. The minimum Gasteiger partial charge on any atom is -0.368 e. The first-order chi connectivity index (χ1) is 13.5. The van der Waals surface area contributed by atoms with Crippen LogP contribution in [0.3, 0.4) is 0 Å². The van der Waals surface area contributed by atoms with Gasteiger partial charge in [-0.1, -0.05) is 30.3 Å². The number of hydrogen-bond acceptors (Lipinski definition) is 3. The van der Waals surface area contributed by atoms with Gasteiger partial charge in [0.1, 0.15) is 6.04 Å². The Morgan fingerprint density at radius 2 is 1.64 bits per heavy atom. The Balaban J connectivity index is 1.47. The highest BCUT2D eigenvalue weighted by atomic mass is 16.2. The summed E-state index contributed by atoms with van der Waals surface area (Å²) in [5.74, 6) is -0.00987. The molecule has 5 heteroatoms. The van der Waals surface area contributed by atoms with E-state index >= 15 is 0 Å². The fourth-order valence-corrected chi connectivity index (χ4v) is 4.41. The molecule has 2 aromatic carbocycles. The second-order valence-corrected chi connectivity index (χ2v) is 7.84. The van der Waals surface area contributed by atoms with Gasteiger partial charge in [0.05, 0.1) is 0 Å². The Bertz CT molecular complexity index is 916. The van der Waals surface area contributed by atoms with Gasteiger partial charge in [-0.15, -0.1) is 0 Å². The van der Waals surface area contributed by atoms with Crippen LogP contribution in [0.25, 0.3) is 0 Å². The van der Waals surface area contributed by atoms with E-state index in [0.29, 0.717) is 19.5 Å². The van der Waals surface area contributed by atoms with Crippen molar-refractivity contribution < 1.29 is 9.59 Å². The van der Waals surface area contributed by atoms with Gasteiger partial charge in [-0.3, -0.25) is 14.5 Å². The van der Waals surface area contributed by atoms with Crippen LogP contribution in [-0.2, 0) is 16.0 Å². The number of benzene rings is 2. The van der Waals surface area contributed by atoms with Gasteiger partial charge in [0, 0.05) is 50.9 Å². The summed E-state index contributed by atoms with van der Waals surface area (Å²) >= 11 is 0. The van der Waals surface area contributed by atoms with E-state index in [1.807, 2.05) is 29.2 Å². The molecule has 146 valence electrons. The second-order valence-electron chi connectivity index (χ2n) is 7.84. The molecule has 2 aliphatic heterocycles. The van der Waals surface area contributed by atoms with Crippen molar-refractivity contribution in [1.82, 2.24) is 4.90 Å². The number of hydrogen-bond donors (Lipinski definition) is 0. The van der Waals surface area contributed by atoms with Crippen molar-refractivity contribution >= 4 is 23.2 Å². The number of carbonyl (C=O) groups is 2. The summed E-state index contributed by atoms with van der Waals surface area (Å²) < 4.78 is 0. The first kappa shape index (κ1) is 18.5. The summed E-state index contributed by atoms with van der Waals surface area (Å²) in [7, 11) is 0. The Labute approximate surface area is 166 Å². The van der Waals surface area contributed by atoms with Gasteiger partial charge in [-0.2, -0.15) is 0 Å². The number of para-hydroxylation sites is 1. The summed E-state index contributed by atoms with van der Waals surface area (Å²) in [5.41, 5.74) is 5.72. The third-order valence-corrected chi connectivity index (χ3v) is 5.90. The summed E-state index contributed by atoms with van der Waals surface area (Å²) in [6, 6.07) is 13.9. The molecule has 0 aromatic heterocycles. The van der Waals surface area contributed by atoms with Crippen LogP contribution in [0, 0.1) is 13.8 Å². The van der Waals surface area contributed by atoms with E-state index in [1.54, 1.807) is 11.8 Å². The number of amides is 2. The van der Waals surface area contributed by atoms with Crippen molar-refractivity contribution in [3.63, 3.8) is 0 Å². The highest BCUT2D eigenvalue weighted by molar-refractivity contribution is 6.02. The van der Waals surface area contributed by atoms with Gasteiger partial charge in [-0.05, 0) is 42.7 Å². The topological polar surface area (TPSA) is 43.9 Å². The Morgan fingerprint density at radius 1 is 0.929 bits per heavy atom. The Kier molecular flexibility index (Phi) is 4.84. The van der Waals surface area contributed by atoms with Crippen LogP contribution in [0.5, 0.6) is 0 Å². The molecule has 0 N–H and O–H groups in total. The molecule has 0 bridgehead atoms. The molecule has 0 radical (unpaired) electrons. The molecule has 2 aromatic rings. The lowest BCUT2D eigenvalue weighted by Gasteiger charge is -2.39. The number of rotatable bonds is 2. The highest BCUT2D eigenvalue weighted by Gasteiger charge is 2.39. The van der Waals surface area contributed by atoms with Crippen LogP contribution in [0.1, 0.15) is 23.6 Å². The maximum absolute atomic E-state index is 13.3. The van der Waals surface area contributed by atoms with E-state index in [9.17, 15) is 9.59 Å². The molecule has 0 spiro atoms. The third kappa shape index (κ3) is 3.26. The van der Waals surface area contributed by atoms with Gasteiger partial charge < -0.3 is 9.80 Å². The maximum Gasteiger partial charge on any atom is 0.246 e. The van der Waals surface area contributed by atoms with Gasteiger partial charge in [0.25, 0.3) is 0 Å². The van der Waals surface area contributed by atoms with Crippen LogP contribution in [0.4, 0.5) is 11.4 Å². The lowest BCUT2D eigenvalue weighted by atomic mass is 10.1. The first-order valence-electron chi connectivity index (χ1n) is 9.94. The van der Waals surface area contributed by atoms with E-state index in [4.69, 9.17) is 0 Å². The highest BCUT2D eigenvalue weighted by Crippen LogP contribution is 2.33. The quantitative estimate of drug-likeness (QED) is 0.808. The number of carbonyl (C=O) groups excluding carboxylic acids is 2. The molecule has 2 heterocycles. The fourth-order valence-electron chi connectivity index (χ4n) is 4.41. The SMILES string of the molecule is CC(=O)N1c2ccccc2CC1C(=O)N1CCN(c2cc(C)ccc2C)CC1. The Hall–Kier alpha value is -2.82. The molecular formula is C23H27N3O2. The zero-order valence-electron chi connectivity index (χ0n) is 16.8. The first-order valence-corrected chi connectivity index (χ1v) is 9.94. The van der Waals surface area contributed by atoms with E-state index in [0.717, 1.165) is 24.3 Å². The predicted octanol–water partition coefficient (Wildman–Crippen LogP) is 2.93. The standard InChI is InChI=1S/C23H27N3O2/c1-16-8-9-17(2)21(14-16)24-10-12-25(13-11-24)23(28)22-15-19-6-4-5-7-20(19)26(22)18(3)27/h4-9,14,22H,10-13,15H2,1-3H3. The predicted molar refractivity (Wildman–Crippen MR) is 112 cm³/mol. The molecule has 2 aliphatic rings. The Morgan fingerprint density at radius 3 is 2.36 bits per heavy atom. The van der Waals surface area contributed by atoms with Crippen molar-refractivity contribution in [2.24, 2.45) is 0 Å². The van der Waals surface area contributed by atoms with Gasteiger partial charge in [-0.25, -0.2) is 0 Å². The van der Waals surface area contributed by atoms with Gasteiger partial charge in [0.15, 0.2) is 0 Å². The van der Waals surface area contributed by atoms with E-state index in [1.165, 1.54) is 16.8 Å². The summed E-state index contributed by atoms with van der Waals surface area (Å²) in [6.45, 7) is 8.78. The molecule has 0 aliphatic carbocycles. The lowest BCUT2D eigenvalue weighted by Crippen LogP contribution is -2.55. The van der Waals surface area contributed by atoms with Crippen LogP contribution in [0.15, 0.2) is 42.5 Å². The molecule has 2 amide bonds. The molecule has 4 rings (SSSR count). The molecular weight excluding hydrogens is 350 g/mol. The van der Waals surface area contributed by atoms with Crippen molar-refractivity contribution in [2.45, 2.75) is 33.2 Å². The molecule has 5 nitrogen and oxygen atoms in total. The zero-order valence-corrected chi connectivity index (χ0v) is 16.8. The molecule has 1 atom stereocenters. The average molecular weight is 377 g/mol. The van der Waals surface area contributed by atoms with Crippen molar-refractivity contribution in [1.29, 1.82) is 0 Å². The largest absolute Gasteiger partial charge is 0.368 e. The summed E-state index contributed by atoms with van der Waals surface area (Å²) in [6.07, 6.45) is 0.603. The number of aryl methyl sites for hydroxylation is 2. The maximum atomic E-state index is 13.3. The second kappa shape index (κ2) is 7.30. The van der Waals surface area contributed by atoms with Crippen LogP contribution >= 0.6 is 0 Å². The normalized spacial score (nSPS) is 19.0.